The van der Waals surface area contributed by atoms with E-state index in [-0.39, 0.29) is 12.2 Å². The van der Waals surface area contributed by atoms with Crippen LogP contribution in [0.4, 0.5) is 0 Å². The zero-order valence-electron chi connectivity index (χ0n) is 10.9. The molecule has 3 atom stereocenters. The number of methoxy groups -OCH3 is 1. The molecule has 94 valence electrons. The molecule has 0 spiro atoms. The minimum atomic E-state index is 0.231. The van der Waals surface area contributed by atoms with Gasteiger partial charge in [-0.2, -0.15) is 0 Å². The zero-order chi connectivity index (χ0) is 12.3. The predicted octanol–water partition coefficient (Wildman–Crippen LogP) is 3.44. The second-order valence-corrected chi connectivity index (χ2v) is 5.15. The van der Waals surface area contributed by atoms with Crippen LogP contribution in [0.3, 0.4) is 0 Å². The molecule has 1 saturated heterocycles. The number of benzene rings is 1. The van der Waals surface area contributed by atoms with Crippen molar-refractivity contribution in [2.75, 3.05) is 13.7 Å². The Balaban J connectivity index is 2.09. The molecule has 0 saturated carbocycles. The van der Waals surface area contributed by atoms with Crippen LogP contribution in [0.2, 0.25) is 0 Å². The van der Waals surface area contributed by atoms with Crippen molar-refractivity contribution in [3.05, 3.63) is 35.9 Å². The van der Waals surface area contributed by atoms with Crippen molar-refractivity contribution in [3.63, 3.8) is 0 Å². The molecule has 0 unspecified atom stereocenters. The van der Waals surface area contributed by atoms with Gasteiger partial charge in [-0.3, -0.25) is 0 Å². The van der Waals surface area contributed by atoms with E-state index in [4.69, 9.17) is 9.47 Å². The van der Waals surface area contributed by atoms with Crippen molar-refractivity contribution in [2.24, 2.45) is 11.8 Å². The number of hydrogen-bond donors (Lipinski definition) is 0. The van der Waals surface area contributed by atoms with Gasteiger partial charge in [0.2, 0.25) is 0 Å². The third-order valence-corrected chi connectivity index (χ3v) is 3.76. The van der Waals surface area contributed by atoms with Gasteiger partial charge in [0, 0.05) is 7.11 Å². The SMILES string of the molecule is CO[C@H]1CO[C@H](c2ccccc2)C[C@@H]1C(C)C. The van der Waals surface area contributed by atoms with Crippen molar-refractivity contribution in [1.82, 2.24) is 0 Å². The second kappa shape index (κ2) is 5.65. The fourth-order valence-corrected chi connectivity index (χ4v) is 2.65. The molecule has 1 fully saturated rings. The molecule has 0 amide bonds. The summed E-state index contributed by atoms with van der Waals surface area (Å²) in [6.45, 7) is 5.24. The van der Waals surface area contributed by atoms with Gasteiger partial charge in [-0.1, -0.05) is 44.2 Å². The van der Waals surface area contributed by atoms with Crippen LogP contribution in [0.25, 0.3) is 0 Å². The highest BCUT2D eigenvalue weighted by atomic mass is 16.5. The van der Waals surface area contributed by atoms with Crippen molar-refractivity contribution < 1.29 is 9.47 Å². The van der Waals surface area contributed by atoms with E-state index in [2.05, 4.69) is 38.1 Å². The summed E-state index contributed by atoms with van der Waals surface area (Å²) in [4.78, 5) is 0. The molecule has 0 N–H and O–H groups in total. The minimum absolute atomic E-state index is 0.231. The largest absolute Gasteiger partial charge is 0.379 e. The normalized spacial score (nSPS) is 29.5. The summed E-state index contributed by atoms with van der Waals surface area (Å²) in [6.07, 6.45) is 1.53. The van der Waals surface area contributed by atoms with Crippen molar-refractivity contribution in [3.8, 4) is 0 Å². The lowest BCUT2D eigenvalue weighted by Crippen LogP contribution is -2.38. The Morgan fingerprint density at radius 1 is 1.24 bits per heavy atom. The predicted molar refractivity (Wildman–Crippen MR) is 68.9 cm³/mol. The van der Waals surface area contributed by atoms with Gasteiger partial charge in [-0.15, -0.1) is 0 Å². The third-order valence-electron chi connectivity index (χ3n) is 3.76. The van der Waals surface area contributed by atoms with Gasteiger partial charge in [0.1, 0.15) is 0 Å². The Morgan fingerprint density at radius 2 is 1.94 bits per heavy atom. The Morgan fingerprint density at radius 3 is 2.53 bits per heavy atom. The van der Waals surface area contributed by atoms with Gasteiger partial charge in [-0.05, 0) is 23.8 Å². The van der Waals surface area contributed by atoms with Gasteiger partial charge in [0.25, 0.3) is 0 Å². The summed E-state index contributed by atoms with van der Waals surface area (Å²) in [5.74, 6) is 1.22. The summed E-state index contributed by atoms with van der Waals surface area (Å²) in [7, 11) is 1.78. The van der Waals surface area contributed by atoms with Crippen LogP contribution < -0.4 is 0 Å². The lowest BCUT2D eigenvalue weighted by molar-refractivity contribution is -0.115. The molecule has 1 aromatic carbocycles. The van der Waals surface area contributed by atoms with Gasteiger partial charge in [0.05, 0.1) is 18.8 Å². The first-order valence-corrected chi connectivity index (χ1v) is 6.41. The minimum Gasteiger partial charge on any atom is -0.379 e. The fraction of sp³-hybridized carbons (Fsp3) is 0.600. The first kappa shape index (κ1) is 12.6. The topological polar surface area (TPSA) is 18.5 Å². The monoisotopic (exact) mass is 234 g/mol. The summed E-state index contributed by atoms with van der Waals surface area (Å²) in [5.41, 5.74) is 1.28. The smallest absolute Gasteiger partial charge is 0.0836 e. The van der Waals surface area contributed by atoms with E-state index in [0.29, 0.717) is 18.4 Å². The maximum absolute atomic E-state index is 5.92. The van der Waals surface area contributed by atoms with Crippen LogP contribution in [0.1, 0.15) is 31.9 Å². The van der Waals surface area contributed by atoms with E-state index in [1.807, 2.05) is 6.07 Å². The first-order valence-electron chi connectivity index (χ1n) is 6.41. The molecular formula is C15H22O2. The number of hydrogen-bond acceptors (Lipinski definition) is 2. The van der Waals surface area contributed by atoms with Gasteiger partial charge in [0.15, 0.2) is 0 Å². The summed E-state index contributed by atoms with van der Waals surface area (Å²) in [5, 5.41) is 0. The molecule has 1 heterocycles. The molecule has 2 rings (SSSR count). The summed E-state index contributed by atoms with van der Waals surface area (Å²) in [6, 6.07) is 10.5. The van der Waals surface area contributed by atoms with Crippen LogP contribution in [0, 0.1) is 11.8 Å². The van der Waals surface area contributed by atoms with Gasteiger partial charge < -0.3 is 9.47 Å². The Bertz CT molecular complexity index is 334. The molecule has 0 bridgehead atoms. The molecule has 1 aliphatic rings. The van der Waals surface area contributed by atoms with Crippen LogP contribution >= 0.6 is 0 Å². The van der Waals surface area contributed by atoms with E-state index in [1.165, 1.54) is 5.56 Å². The van der Waals surface area contributed by atoms with Crippen molar-refractivity contribution in [1.29, 1.82) is 0 Å². The van der Waals surface area contributed by atoms with E-state index in [9.17, 15) is 0 Å². The third kappa shape index (κ3) is 2.88. The molecule has 17 heavy (non-hydrogen) atoms. The van der Waals surface area contributed by atoms with Crippen LogP contribution in [-0.4, -0.2) is 19.8 Å². The zero-order valence-corrected chi connectivity index (χ0v) is 10.9. The lowest BCUT2D eigenvalue weighted by atomic mass is 9.82. The number of ether oxygens (including phenoxy) is 2. The fourth-order valence-electron chi connectivity index (χ4n) is 2.65. The van der Waals surface area contributed by atoms with Crippen LogP contribution in [0.5, 0.6) is 0 Å². The molecule has 2 heteroatoms. The van der Waals surface area contributed by atoms with Crippen LogP contribution in [0.15, 0.2) is 30.3 Å². The molecular weight excluding hydrogens is 212 g/mol. The highest BCUT2D eigenvalue weighted by Crippen LogP contribution is 2.36. The van der Waals surface area contributed by atoms with Crippen molar-refractivity contribution in [2.45, 2.75) is 32.5 Å². The maximum Gasteiger partial charge on any atom is 0.0836 e. The summed E-state index contributed by atoms with van der Waals surface area (Å²) >= 11 is 0. The highest BCUT2D eigenvalue weighted by Gasteiger charge is 2.33. The molecule has 0 aromatic heterocycles. The quantitative estimate of drug-likeness (QED) is 0.797. The Labute approximate surface area is 104 Å². The highest BCUT2D eigenvalue weighted by molar-refractivity contribution is 5.18. The van der Waals surface area contributed by atoms with E-state index in [0.717, 1.165) is 6.42 Å². The summed E-state index contributed by atoms with van der Waals surface area (Å²) < 4.78 is 11.4. The average molecular weight is 234 g/mol. The van der Waals surface area contributed by atoms with Gasteiger partial charge >= 0.3 is 0 Å². The molecule has 0 radical (unpaired) electrons. The standard InChI is InChI=1S/C15H22O2/c1-11(2)13-9-14(17-10-15(13)16-3)12-7-5-4-6-8-12/h4-8,11,13-15H,9-10H2,1-3H3/t13-,14+,15+/m1/s1. The second-order valence-electron chi connectivity index (χ2n) is 5.15. The molecule has 0 aliphatic carbocycles. The van der Waals surface area contributed by atoms with Crippen LogP contribution in [-0.2, 0) is 9.47 Å². The first-order chi connectivity index (χ1) is 8.22. The maximum atomic E-state index is 5.92. The average Bonchev–Trinajstić information content (AvgIpc) is 2.39. The van der Waals surface area contributed by atoms with Gasteiger partial charge in [-0.25, -0.2) is 0 Å². The van der Waals surface area contributed by atoms with E-state index < -0.39 is 0 Å². The lowest BCUT2D eigenvalue weighted by Gasteiger charge is -2.37. The molecule has 1 aromatic rings. The van der Waals surface area contributed by atoms with E-state index >= 15 is 0 Å². The Kier molecular flexibility index (Phi) is 4.19. The number of rotatable bonds is 3. The molecule has 2 nitrogen and oxygen atoms in total. The van der Waals surface area contributed by atoms with Crippen molar-refractivity contribution >= 4 is 0 Å². The molecule has 1 aliphatic heterocycles. The van der Waals surface area contributed by atoms with E-state index in [1.54, 1.807) is 7.11 Å². The Hall–Kier alpha value is -0.860.